The van der Waals surface area contributed by atoms with Crippen LogP contribution in [0.15, 0.2) is 48.5 Å². The molecule has 1 heterocycles. The highest BCUT2D eigenvalue weighted by Crippen LogP contribution is 2.26. The summed E-state index contributed by atoms with van der Waals surface area (Å²) in [7, 11) is 0. The van der Waals surface area contributed by atoms with E-state index in [2.05, 4.69) is 4.90 Å². The van der Waals surface area contributed by atoms with Crippen molar-refractivity contribution in [3.63, 3.8) is 0 Å². The number of amides is 1. The largest absolute Gasteiger partial charge is 0.465 e. The zero-order chi connectivity index (χ0) is 17.8. The summed E-state index contributed by atoms with van der Waals surface area (Å²) in [6.07, 6.45) is 0.501. The second-order valence-electron chi connectivity index (χ2n) is 6.23. The number of benzene rings is 2. The predicted octanol–water partition coefficient (Wildman–Crippen LogP) is 4.11. The minimum atomic E-state index is -0.898. The number of anilines is 1. The van der Waals surface area contributed by atoms with Crippen LogP contribution < -0.4 is 4.90 Å². The maximum atomic E-state index is 13.3. The summed E-state index contributed by atoms with van der Waals surface area (Å²) in [4.78, 5) is 14.7. The van der Waals surface area contributed by atoms with E-state index in [0.717, 1.165) is 11.3 Å². The number of likely N-dealkylation sites (tertiary alicyclic amines) is 1. The maximum Gasteiger partial charge on any atom is 0.407 e. The molecule has 0 atom stereocenters. The van der Waals surface area contributed by atoms with E-state index in [1.807, 2.05) is 0 Å². The van der Waals surface area contributed by atoms with Gasteiger partial charge in [0, 0.05) is 31.4 Å². The number of halogens is 2. The summed E-state index contributed by atoms with van der Waals surface area (Å²) >= 11 is 0. The van der Waals surface area contributed by atoms with Gasteiger partial charge in [0.05, 0.1) is 0 Å². The molecule has 3 rings (SSSR count). The number of carboxylic acid groups (broad SMARTS) is 1. The number of nitrogens with zero attached hydrogens (tertiary/aromatic N) is 2. The van der Waals surface area contributed by atoms with E-state index in [-0.39, 0.29) is 17.7 Å². The average molecular weight is 346 g/mol. The molecule has 1 aliphatic heterocycles. The normalized spacial score (nSPS) is 15.2. The molecule has 6 heteroatoms. The van der Waals surface area contributed by atoms with Gasteiger partial charge in [-0.2, -0.15) is 0 Å². The molecule has 4 nitrogen and oxygen atoms in total. The molecule has 25 heavy (non-hydrogen) atoms. The summed E-state index contributed by atoms with van der Waals surface area (Å²) in [6, 6.07) is 12.7. The van der Waals surface area contributed by atoms with Crippen LogP contribution >= 0.6 is 0 Å². The molecule has 1 amide bonds. The third-order valence-electron chi connectivity index (χ3n) is 4.60. The van der Waals surface area contributed by atoms with Gasteiger partial charge in [0.2, 0.25) is 0 Å². The second kappa shape index (κ2) is 7.51. The third kappa shape index (κ3) is 4.26. The summed E-state index contributed by atoms with van der Waals surface area (Å²) < 4.78 is 26.4. The number of hydrogen-bond donors (Lipinski definition) is 1. The Hall–Kier alpha value is -2.63. The number of hydrogen-bond acceptors (Lipinski definition) is 2. The van der Waals surface area contributed by atoms with Gasteiger partial charge in [-0.1, -0.05) is 12.1 Å². The summed E-state index contributed by atoms with van der Waals surface area (Å²) in [5, 5.41) is 9.11. The van der Waals surface area contributed by atoms with Crippen molar-refractivity contribution in [3.05, 3.63) is 65.7 Å². The topological polar surface area (TPSA) is 43.8 Å². The highest BCUT2D eigenvalue weighted by molar-refractivity contribution is 5.65. The van der Waals surface area contributed by atoms with Crippen LogP contribution in [0.25, 0.3) is 0 Å². The van der Waals surface area contributed by atoms with Gasteiger partial charge in [-0.15, -0.1) is 0 Å². The zero-order valence-electron chi connectivity index (χ0n) is 13.7. The fourth-order valence-electron chi connectivity index (χ4n) is 3.22. The fourth-order valence-corrected chi connectivity index (χ4v) is 3.22. The lowest BCUT2D eigenvalue weighted by Gasteiger charge is -2.39. The van der Waals surface area contributed by atoms with Crippen LogP contribution in [0.1, 0.15) is 18.4 Å². The Kier molecular flexibility index (Phi) is 5.16. The second-order valence-corrected chi connectivity index (χ2v) is 6.23. The van der Waals surface area contributed by atoms with Crippen LogP contribution in [0.3, 0.4) is 0 Å². The minimum Gasteiger partial charge on any atom is -0.465 e. The molecule has 0 spiro atoms. The lowest BCUT2D eigenvalue weighted by atomic mass is 10.0. The quantitative estimate of drug-likeness (QED) is 0.906. The van der Waals surface area contributed by atoms with Gasteiger partial charge in [-0.3, -0.25) is 0 Å². The van der Waals surface area contributed by atoms with E-state index in [1.165, 1.54) is 29.2 Å². The minimum absolute atomic E-state index is 0.145. The Balaban J connectivity index is 1.80. The molecular weight excluding hydrogens is 326 g/mol. The summed E-state index contributed by atoms with van der Waals surface area (Å²) in [5.41, 5.74) is 1.82. The van der Waals surface area contributed by atoms with Gasteiger partial charge in [0.1, 0.15) is 11.6 Å². The molecule has 1 fully saturated rings. The molecule has 1 N–H and O–H groups in total. The Bertz CT molecular complexity index is 711. The molecule has 0 unspecified atom stereocenters. The number of rotatable bonds is 4. The Morgan fingerprint density at radius 3 is 2.04 bits per heavy atom. The van der Waals surface area contributed by atoms with Gasteiger partial charge in [-0.05, 0) is 54.8 Å². The molecule has 0 aliphatic carbocycles. The first-order valence-electron chi connectivity index (χ1n) is 8.27. The molecule has 2 aromatic carbocycles. The molecule has 0 radical (unpaired) electrons. The van der Waals surface area contributed by atoms with Gasteiger partial charge in [0.15, 0.2) is 0 Å². The first-order chi connectivity index (χ1) is 12.0. The first-order valence-corrected chi connectivity index (χ1v) is 8.27. The van der Waals surface area contributed by atoms with Crippen LogP contribution in [0.4, 0.5) is 19.3 Å². The SMILES string of the molecule is O=C(O)N1CCC(N(Cc2ccc(F)cc2)c2ccc(F)cc2)CC1. The van der Waals surface area contributed by atoms with Crippen molar-refractivity contribution in [3.8, 4) is 0 Å². The van der Waals surface area contributed by atoms with Gasteiger partial charge >= 0.3 is 6.09 Å². The van der Waals surface area contributed by atoms with E-state index in [0.29, 0.717) is 32.5 Å². The maximum absolute atomic E-state index is 13.3. The summed E-state index contributed by atoms with van der Waals surface area (Å²) in [6.45, 7) is 1.51. The van der Waals surface area contributed by atoms with E-state index in [4.69, 9.17) is 5.11 Å². The van der Waals surface area contributed by atoms with E-state index in [9.17, 15) is 13.6 Å². The molecule has 0 saturated carbocycles. The monoisotopic (exact) mass is 346 g/mol. The van der Waals surface area contributed by atoms with Crippen molar-refractivity contribution >= 4 is 11.8 Å². The lowest BCUT2D eigenvalue weighted by Crippen LogP contribution is -2.46. The Morgan fingerprint density at radius 2 is 1.52 bits per heavy atom. The van der Waals surface area contributed by atoms with Crippen LogP contribution in [0, 0.1) is 11.6 Å². The molecule has 0 bridgehead atoms. The Labute approximate surface area is 145 Å². The van der Waals surface area contributed by atoms with Crippen LogP contribution in [0.2, 0.25) is 0 Å². The van der Waals surface area contributed by atoms with Crippen LogP contribution in [0.5, 0.6) is 0 Å². The van der Waals surface area contributed by atoms with Crippen molar-refractivity contribution in [2.24, 2.45) is 0 Å². The summed E-state index contributed by atoms with van der Waals surface area (Å²) in [5.74, 6) is -0.585. The Morgan fingerprint density at radius 1 is 1.00 bits per heavy atom. The van der Waals surface area contributed by atoms with Crippen molar-refractivity contribution in [2.45, 2.75) is 25.4 Å². The van der Waals surface area contributed by atoms with Crippen LogP contribution in [-0.4, -0.2) is 35.2 Å². The molecule has 1 aliphatic rings. The van der Waals surface area contributed by atoms with Crippen molar-refractivity contribution in [1.29, 1.82) is 0 Å². The number of piperidine rings is 1. The average Bonchev–Trinajstić information content (AvgIpc) is 2.62. The van der Waals surface area contributed by atoms with Crippen molar-refractivity contribution < 1.29 is 18.7 Å². The highest BCUT2D eigenvalue weighted by atomic mass is 19.1. The lowest BCUT2D eigenvalue weighted by molar-refractivity contribution is 0.131. The van der Waals surface area contributed by atoms with Crippen molar-refractivity contribution in [1.82, 2.24) is 4.90 Å². The van der Waals surface area contributed by atoms with Gasteiger partial charge in [-0.25, -0.2) is 13.6 Å². The molecule has 2 aromatic rings. The van der Waals surface area contributed by atoms with E-state index in [1.54, 1.807) is 24.3 Å². The molecule has 0 aromatic heterocycles. The number of carbonyl (C=O) groups is 1. The standard InChI is InChI=1S/C19H20F2N2O2/c20-15-3-1-14(2-4-15)13-23(17-7-5-16(21)6-8-17)18-9-11-22(12-10-18)19(24)25/h1-8,18H,9-13H2,(H,24,25). The highest BCUT2D eigenvalue weighted by Gasteiger charge is 2.27. The first kappa shape index (κ1) is 17.2. The van der Waals surface area contributed by atoms with E-state index < -0.39 is 6.09 Å². The zero-order valence-corrected chi connectivity index (χ0v) is 13.7. The fraction of sp³-hybridized carbons (Fsp3) is 0.316. The van der Waals surface area contributed by atoms with Crippen LogP contribution in [-0.2, 0) is 6.54 Å². The molecular formula is C19H20F2N2O2. The molecule has 1 saturated heterocycles. The smallest absolute Gasteiger partial charge is 0.407 e. The van der Waals surface area contributed by atoms with Crippen molar-refractivity contribution in [2.75, 3.05) is 18.0 Å². The van der Waals surface area contributed by atoms with Gasteiger partial charge < -0.3 is 14.9 Å². The third-order valence-corrected chi connectivity index (χ3v) is 4.60. The van der Waals surface area contributed by atoms with Gasteiger partial charge in [0.25, 0.3) is 0 Å². The molecule has 132 valence electrons. The van der Waals surface area contributed by atoms with E-state index >= 15 is 0 Å². The predicted molar refractivity (Wildman–Crippen MR) is 91.6 cm³/mol.